The van der Waals surface area contributed by atoms with E-state index in [4.69, 9.17) is 10.5 Å². The molecule has 1 aliphatic carbocycles. The van der Waals surface area contributed by atoms with Crippen molar-refractivity contribution in [3.8, 4) is 0 Å². The largest absolute Gasteiger partial charge is 0.444 e. The summed E-state index contributed by atoms with van der Waals surface area (Å²) in [5.41, 5.74) is 5.53. The third kappa shape index (κ3) is 2.08. The van der Waals surface area contributed by atoms with Crippen molar-refractivity contribution in [2.24, 2.45) is 17.1 Å². The summed E-state index contributed by atoms with van der Waals surface area (Å²) < 4.78 is 5.27. The number of hydrogen-bond donors (Lipinski definition) is 1. The molecule has 0 saturated heterocycles. The first-order valence-corrected chi connectivity index (χ1v) is 5.26. The normalized spacial score (nSPS) is 36.5. The number of carbonyl (C=O) groups excluding carboxylic acids is 1. The summed E-state index contributed by atoms with van der Waals surface area (Å²) in [7, 11) is 0. The molecular weight excluding hydrogens is 178 g/mol. The zero-order valence-electron chi connectivity index (χ0n) is 9.59. The molecule has 3 nitrogen and oxygen atoms in total. The third-order valence-corrected chi connectivity index (χ3v) is 3.63. The molecule has 0 aliphatic heterocycles. The molecule has 0 aromatic rings. The minimum Gasteiger partial charge on any atom is -0.444 e. The van der Waals surface area contributed by atoms with E-state index >= 15 is 0 Å². The summed E-state index contributed by atoms with van der Waals surface area (Å²) in [5, 5.41) is 0. The van der Waals surface area contributed by atoms with Crippen molar-refractivity contribution in [3.05, 3.63) is 0 Å². The van der Waals surface area contributed by atoms with E-state index in [0.29, 0.717) is 0 Å². The zero-order valence-corrected chi connectivity index (χ0v) is 9.59. The van der Waals surface area contributed by atoms with E-state index < -0.39 is 5.72 Å². The van der Waals surface area contributed by atoms with Gasteiger partial charge in [0.2, 0.25) is 0 Å². The van der Waals surface area contributed by atoms with E-state index in [1.807, 2.05) is 0 Å². The number of hydrogen-bond acceptors (Lipinski definition) is 3. The lowest BCUT2D eigenvalue weighted by Gasteiger charge is -2.47. The highest BCUT2D eigenvalue weighted by Gasteiger charge is 2.46. The Morgan fingerprint density at radius 3 is 2.50 bits per heavy atom. The predicted molar refractivity (Wildman–Crippen MR) is 55.5 cm³/mol. The van der Waals surface area contributed by atoms with Crippen molar-refractivity contribution in [3.63, 3.8) is 0 Å². The molecule has 2 unspecified atom stereocenters. The predicted octanol–water partition coefficient (Wildman–Crippen LogP) is 2.05. The summed E-state index contributed by atoms with van der Waals surface area (Å²) in [6, 6.07) is 0. The maximum absolute atomic E-state index is 11.0. The van der Waals surface area contributed by atoms with E-state index in [1.165, 1.54) is 6.92 Å². The first-order valence-electron chi connectivity index (χ1n) is 5.26. The van der Waals surface area contributed by atoms with E-state index in [9.17, 15) is 4.79 Å². The fourth-order valence-electron chi connectivity index (χ4n) is 2.32. The van der Waals surface area contributed by atoms with Gasteiger partial charge in [0, 0.05) is 19.3 Å². The van der Waals surface area contributed by atoms with Gasteiger partial charge in [-0.05, 0) is 18.3 Å². The van der Waals surface area contributed by atoms with Crippen LogP contribution in [0.5, 0.6) is 0 Å². The molecule has 1 fully saturated rings. The van der Waals surface area contributed by atoms with Crippen LogP contribution in [0.3, 0.4) is 0 Å². The monoisotopic (exact) mass is 199 g/mol. The number of nitrogens with two attached hydrogens (primary N) is 1. The Labute approximate surface area is 86.0 Å². The maximum Gasteiger partial charge on any atom is 0.304 e. The molecule has 0 aromatic heterocycles. The van der Waals surface area contributed by atoms with Gasteiger partial charge in [-0.25, -0.2) is 0 Å². The highest BCUT2D eigenvalue weighted by atomic mass is 16.6. The van der Waals surface area contributed by atoms with Crippen LogP contribution in [-0.2, 0) is 9.53 Å². The van der Waals surface area contributed by atoms with Crippen LogP contribution in [0.25, 0.3) is 0 Å². The van der Waals surface area contributed by atoms with Gasteiger partial charge in [0.15, 0.2) is 5.72 Å². The third-order valence-electron chi connectivity index (χ3n) is 3.63. The standard InChI is InChI=1S/C11H21NO2/c1-8-10(3,4)6-5-7-11(8,12)14-9(2)13/h8H,5-7,12H2,1-4H3. The molecule has 14 heavy (non-hydrogen) atoms. The Balaban J connectivity index is 2.82. The molecule has 0 amide bonds. The van der Waals surface area contributed by atoms with Crippen LogP contribution in [-0.4, -0.2) is 11.7 Å². The fourth-order valence-corrected chi connectivity index (χ4v) is 2.32. The Hall–Kier alpha value is -0.570. The zero-order chi connectivity index (χ0) is 11.0. The van der Waals surface area contributed by atoms with Gasteiger partial charge < -0.3 is 4.74 Å². The number of ether oxygens (including phenoxy) is 1. The molecule has 2 atom stereocenters. The Morgan fingerprint density at radius 1 is 1.43 bits per heavy atom. The fraction of sp³-hybridized carbons (Fsp3) is 0.909. The van der Waals surface area contributed by atoms with Crippen molar-refractivity contribution >= 4 is 5.97 Å². The SMILES string of the molecule is CC(=O)OC1(N)CCCC(C)(C)C1C. The van der Waals surface area contributed by atoms with E-state index in [0.717, 1.165) is 19.3 Å². The molecule has 0 spiro atoms. The quantitative estimate of drug-likeness (QED) is 0.519. The van der Waals surface area contributed by atoms with Gasteiger partial charge in [-0.3, -0.25) is 10.5 Å². The van der Waals surface area contributed by atoms with Crippen molar-refractivity contribution in [1.29, 1.82) is 0 Å². The maximum atomic E-state index is 11.0. The molecule has 0 radical (unpaired) electrons. The van der Waals surface area contributed by atoms with Crippen molar-refractivity contribution in [1.82, 2.24) is 0 Å². The molecule has 0 aromatic carbocycles. The second-order valence-electron chi connectivity index (χ2n) is 5.11. The van der Waals surface area contributed by atoms with E-state index in [1.54, 1.807) is 0 Å². The summed E-state index contributed by atoms with van der Waals surface area (Å²) in [4.78, 5) is 11.0. The lowest BCUT2D eigenvalue weighted by atomic mass is 9.65. The number of esters is 1. The second kappa shape index (κ2) is 3.54. The van der Waals surface area contributed by atoms with Crippen LogP contribution in [0, 0.1) is 11.3 Å². The average molecular weight is 199 g/mol. The van der Waals surface area contributed by atoms with E-state index in [2.05, 4.69) is 20.8 Å². The molecule has 1 aliphatic rings. The van der Waals surface area contributed by atoms with Crippen molar-refractivity contribution in [2.45, 2.75) is 52.7 Å². The molecular formula is C11H21NO2. The molecule has 2 N–H and O–H groups in total. The van der Waals surface area contributed by atoms with Gasteiger partial charge in [-0.2, -0.15) is 0 Å². The molecule has 0 heterocycles. The lowest BCUT2D eigenvalue weighted by molar-refractivity contribution is -0.175. The lowest BCUT2D eigenvalue weighted by Crippen LogP contribution is -2.56. The van der Waals surface area contributed by atoms with Gasteiger partial charge >= 0.3 is 5.97 Å². The topological polar surface area (TPSA) is 52.3 Å². The van der Waals surface area contributed by atoms with Crippen LogP contribution >= 0.6 is 0 Å². The van der Waals surface area contributed by atoms with Gasteiger partial charge in [0.05, 0.1) is 0 Å². The first-order chi connectivity index (χ1) is 6.28. The Bertz CT molecular complexity index is 237. The van der Waals surface area contributed by atoms with E-state index in [-0.39, 0.29) is 17.3 Å². The second-order valence-corrected chi connectivity index (χ2v) is 5.11. The minimum absolute atomic E-state index is 0.155. The van der Waals surface area contributed by atoms with Gasteiger partial charge in [0.1, 0.15) is 0 Å². The highest BCUT2D eigenvalue weighted by molar-refractivity contribution is 5.66. The number of rotatable bonds is 1. The first kappa shape index (κ1) is 11.5. The molecule has 1 rings (SSSR count). The summed E-state index contributed by atoms with van der Waals surface area (Å²) >= 11 is 0. The Kier molecular flexibility index (Phi) is 2.91. The van der Waals surface area contributed by atoms with Crippen LogP contribution in [0.1, 0.15) is 47.0 Å². The van der Waals surface area contributed by atoms with Crippen LogP contribution in [0.4, 0.5) is 0 Å². The number of carbonyl (C=O) groups is 1. The van der Waals surface area contributed by atoms with Crippen molar-refractivity contribution < 1.29 is 9.53 Å². The van der Waals surface area contributed by atoms with Gasteiger partial charge in [0.25, 0.3) is 0 Å². The van der Waals surface area contributed by atoms with Gasteiger partial charge in [-0.15, -0.1) is 0 Å². The van der Waals surface area contributed by atoms with Crippen LogP contribution < -0.4 is 5.73 Å². The minimum atomic E-state index is -0.756. The molecule has 82 valence electrons. The average Bonchev–Trinajstić information content (AvgIpc) is 1.98. The molecule has 1 saturated carbocycles. The molecule has 3 heteroatoms. The molecule has 0 bridgehead atoms. The van der Waals surface area contributed by atoms with Crippen LogP contribution in [0.15, 0.2) is 0 Å². The summed E-state index contributed by atoms with van der Waals surface area (Å²) in [6.45, 7) is 7.86. The van der Waals surface area contributed by atoms with Crippen LogP contribution in [0.2, 0.25) is 0 Å². The highest BCUT2D eigenvalue weighted by Crippen LogP contribution is 2.45. The Morgan fingerprint density at radius 2 is 2.00 bits per heavy atom. The smallest absolute Gasteiger partial charge is 0.304 e. The summed E-state index contributed by atoms with van der Waals surface area (Å²) in [5.74, 6) is -0.0790. The summed E-state index contributed by atoms with van der Waals surface area (Å²) in [6.07, 6.45) is 2.95. The van der Waals surface area contributed by atoms with Crippen molar-refractivity contribution in [2.75, 3.05) is 0 Å². The van der Waals surface area contributed by atoms with Gasteiger partial charge in [-0.1, -0.05) is 20.8 Å².